The summed E-state index contributed by atoms with van der Waals surface area (Å²) < 4.78 is 0. The fourth-order valence-corrected chi connectivity index (χ4v) is 1.39. The van der Waals surface area contributed by atoms with Crippen LogP contribution in [0.25, 0.3) is 0 Å². The third-order valence-electron chi connectivity index (χ3n) is 2.34. The van der Waals surface area contributed by atoms with Gasteiger partial charge in [0.25, 0.3) is 0 Å². The van der Waals surface area contributed by atoms with Gasteiger partial charge < -0.3 is 20.8 Å². The Bertz CT molecular complexity index is 382. The number of carbonyl (C=O) groups is 2. The van der Waals surface area contributed by atoms with Crippen molar-refractivity contribution in [2.75, 3.05) is 13.2 Å². The van der Waals surface area contributed by atoms with Crippen molar-refractivity contribution in [3.63, 3.8) is 0 Å². The van der Waals surface area contributed by atoms with Crippen LogP contribution in [0.1, 0.15) is 12.7 Å². The number of rotatable bonds is 9. The second kappa shape index (κ2) is 8.35. The van der Waals surface area contributed by atoms with Crippen molar-refractivity contribution in [2.45, 2.75) is 25.4 Å². The van der Waals surface area contributed by atoms with Gasteiger partial charge in [0.2, 0.25) is 5.91 Å². The summed E-state index contributed by atoms with van der Waals surface area (Å²) in [5.74, 6) is 0.406. The number of imidazole rings is 1. The van der Waals surface area contributed by atoms with Crippen LogP contribution in [-0.2, 0) is 20.8 Å². The van der Waals surface area contributed by atoms with Crippen molar-refractivity contribution in [1.82, 2.24) is 20.8 Å². The first-order valence-corrected chi connectivity index (χ1v) is 5.96. The molecule has 0 aliphatic carbocycles. The Morgan fingerprint density at radius 3 is 3.11 bits per heavy atom. The maximum Gasteiger partial charge on any atom is 0.237 e. The molecule has 0 aliphatic heterocycles. The summed E-state index contributed by atoms with van der Waals surface area (Å²) in [4.78, 5) is 33.4. The van der Waals surface area contributed by atoms with Crippen molar-refractivity contribution in [3.05, 3.63) is 18.2 Å². The number of aromatic nitrogens is 2. The standard InChI is InChI=1S/C11H19N5O3/c1-8(7-15-19-5-4-17)16-11(18)9(12)6-10-13-2-3-14-10/h2-4,8-9,15H,5-7,12H2,1H3,(H,13,14)(H,16,18)/t8-,9-/m0/s1. The largest absolute Gasteiger partial charge is 0.351 e. The Labute approximate surface area is 111 Å². The minimum atomic E-state index is -0.663. The van der Waals surface area contributed by atoms with Gasteiger partial charge in [-0.3, -0.25) is 9.63 Å². The number of nitrogens with two attached hydrogens (primary N) is 1. The lowest BCUT2D eigenvalue weighted by Crippen LogP contribution is -2.48. The Hall–Kier alpha value is -1.77. The third kappa shape index (κ3) is 6.09. The van der Waals surface area contributed by atoms with Gasteiger partial charge in [-0.25, -0.2) is 10.5 Å². The Morgan fingerprint density at radius 2 is 2.47 bits per heavy atom. The van der Waals surface area contributed by atoms with E-state index >= 15 is 0 Å². The molecule has 19 heavy (non-hydrogen) atoms. The van der Waals surface area contributed by atoms with Gasteiger partial charge in [-0.05, 0) is 6.92 Å². The molecular formula is C11H19N5O3. The van der Waals surface area contributed by atoms with Gasteiger partial charge in [-0.1, -0.05) is 0 Å². The van der Waals surface area contributed by atoms with Crippen LogP contribution in [0.2, 0.25) is 0 Å². The van der Waals surface area contributed by atoms with Gasteiger partial charge in [-0.15, -0.1) is 0 Å². The van der Waals surface area contributed by atoms with Crippen molar-refractivity contribution in [2.24, 2.45) is 5.73 Å². The van der Waals surface area contributed by atoms with Gasteiger partial charge in [0.15, 0.2) is 0 Å². The molecule has 0 spiro atoms. The minimum absolute atomic E-state index is 0.0291. The van der Waals surface area contributed by atoms with E-state index in [1.54, 1.807) is 19.3 Å². The number of carbonyl (C=O) groups excluding carboxylic acids is 2. The molecule has 0 bridgehead atoms. The van der Waals surface area contributed by atoms with Crippen LogP contribution in [0.4, 0.5) is 0 Å². The van der Waals surface area contributed by atoms with Crippen LogP contribution in [0.3, 0.4) is 0 Å². The summed E-state index contributed by atoms with van der Waals surface area (Å²) in [6.07, 6.45) is 4.27. The Balaban J connectivity index is 2.23. The number of hydroxylamine groups is 1. The zero-order valence-electron chi connectivity index (χ0n) is 10.8. The van der Waals surface area contributed by atoms with E-state index < -0.39 is 6.04 Å². The molecule has 0 radical (unpaired) electrons. The molecule has 0 unspecified atom stereocenters. The molecular weight excluding hydrogens is 250 g/mol. The topological polar surface area (TPSA) is 122 Å². The zero-order chi connectivity index (χ0) is 14.1. The monoisotopic (exact) mass is 269 g/mol. The summed E-state index contributed by atoms with van der Waals surface area (Å²) in [5, 5.41) is 2.73. The van der Waals surface area contributed by atoms with Crippen molar-refractivity contribution in [1.29, 1.82) is 0 Å². The summed E-state index contributed by atoms with van der Waals surface area (Å²) in [6, 6.07) is -0.828. The highest BCUT2D eigenvalue weighted by Crippen LogP contribution is 1.95. The number of aldehydes is 1. The number of aromatic amines is 1. The first-order valence-electron chi connectivity index (χ1n) is 5.96. The van der Waals surface area contributed by atoms with E-state index in [0.29, 0.717) is 25.1 Å². The van der Waals surface area contributed by atoms with Gasteiger partial charge in [0, 0.05) is 31.4 Å². The molecule has 5 N–H and O–H groups in total. The lowest BCUT2D eigenvalue weighted by molar-refractivity contribution is -0.123. The Kier molecular flexibility index (Phi) is 6.72. The molecule has 0 aliphatic rings. The van der Waals surface area contributed by atoms with Crippen molar-refractivity contribution < 1.29 is 14.4 Å². The van der Waals surface area contributed by atoms with Gasteiger partial charge in [0.1, 0.15) is 18.7 Å². The number of hydrogen-bond acceptors (Lipinski definition) is 6. The fourth-order valence-electron chi connectivity index (χ4n) is 1.39. The number of H-pyrrole nitrogens is 1. The lowest BCUT2D eigenvalue weighted by atomic mass is 10.2. The smallest absolute Gasteiger partial charge is 0.237 e. The average molecular weight is 269 g/mol. The van der Waals surface area contributed by atoms with E-state index in [4.69, 9.17) is 10.6 Å². The van der Waals surface area contributed by atoms with Crippen LogP contribution in [-0.4, -0.2) is 47.4 Å². The van der Waals surface area contributed by atoms with E-state index in [0.717, 1.165) is 0 Å². The normalized spacial score (nSPS) is 13.8. The predicted octanol–water partition coefficient (Wildman–Crippen LogP) is -1.50. The van der Waals surface area contributed by atoms with Crippen LogP contribution in [0, 0.1) is 0 Å². The predicted molar refractivity (Wildman–Crippen MR) is 67.9 cm³/mol. The summed E-state index contributed by atoms with van der Waals surface area (Å²) >= 11 is 0. The van der Waals surface area contributed by atoms with Gasteiger partial charge in [0.05, 0.1) is 6.04 Å². The molecule has 8 nitrogen and oxygen atoms in total. The second-order valence-corrected chi connectivity index (χ2v) is 4.08. The molecule has 8 heteroatoms. The van der Waals surface area contributed by atoms with E-state index in [2.05, 4.69) is 20.8 Å². The first-order chi connectivity index (χ1) is 9.13. The van der Waals surface area contributed by atoms with E-state index in [9.17, 15) is 9.59 Å². The van der Waals surface area contributed by atoms with Crippen LogP contribution in [0.15, 0.2) is 12.4 Å². The number of nitrogens with one attached hydrogen (secondary N) is 3. The lowest BCUT2D eigenvalue weighted by Gasteiger charge is -2.17. The van der Waals surface area contributed by atoms with Crippen LogP contribution in [0.5, 0.6) is 0 Å². The number of amides is 1. The molecule has 0 saturated carbocycles. The second-order valence-electron chi connectivity index (χ2n) is 4.08. The fraction of sp³-hybridized carbons (Fsp3) is 0.545. The highest BCUT2D eigenvalue weighted by Gasteiger charge is 2.17. The molecule has 1 rings (SSSR count). The highest BCUT2D eigenvalue weighted by molar-refractivity contribution is 5.81. The SMILES string of the molecule is C[C@@H](CNOCC=O)NC(=O)[C@@H](N)Cc1ncc[nH]1. The number of nitrogens with zero attached hydrogens (tertiary/aromatic N) is 1. The summed E-state index contributed by atoms with van der Waals surface area (Å²) in [5.41, 5.74) is 8.33. The van der Waals surface area contributed by atoms with E-state index in [1.165, 1.54) is 0 Å². The van der Waals surface area contributed by atoms with Crippen molar-refractivity contribution in [3.8, 4) is 0 Å². The summed E-state index contributed by atoms with van der Waals surface area (Å²) in [7, 11) is 0. The van der Waals surface area contributed by atoms with Gasteiger partial charge in [-0.2, -0.15) is 0 Å². The highest BCUT2D eigenvalue weighted by atomic mass is 16.6. The molecule has 1 aromatic heterocycles. The van der Waals surface area contributed by atoms with E-state index in [-0.39, 0.29) is 18.6 Å². The molecule has 1 amide bonds. The molecule has 0 saturated heterocycles. The molecule has 1 aromatic rings. The maximum atomic E-state index is 11.8. The molecule has 0 fully saturated rings. The molecule has 106 valence electrons. The maximum absolute atomic E-state index is 11.8. The molecule has 2 atom stereocenters. The minimum Gasteiger partial charge on any atom is -0.351 e. The van der Waals surface area contributed by atoms with E-state index in [1.807, 2.05) is 0 Å². The number of hydrogen-bond donors (Lipinski definition) is 4. The summed E-state index contributed by atoms with van der Waals surface area (Å²) in [6.45, 7) is 2.15. The molecule has 1 heterocycles. The van der Waals surface area contributed by atoms with Crippen LogP contribution >= 0.6 is 0 Å². The Morgan fingerprint density at radius 1 is 1.68 bits per heavy atom. The first kappa shape index (κ1) is 15.3. The van der Waals surface area contributed by atoms with Gasteiger partial charge >= 0.3 is 0 Å². The third-order valence-corrected chi connectivity index (χ3v) is 2.34. The molecule has 0 aromatic carbocycles. The van der Waals surface area contributed by atoms with Crippen molar-refractivity contribution >= 4 is 12.2 Å². The quantitative estimate of drug-likeness (QED) is 0.246. The average Bonchev–Trinajstić information content (AvgIpc) is 2.87. The zero-order valence-corrected chi connectivity index (χ0v) is 10.8. The van der Waals surface area contributed by atoms with Crippen LogP contribution < -0.4 is 16.5 Å².